The first-order valence-electron chi connectivity index (χ1n) is 8.49. The molecule has 0 saturated carbocycles. The van der Waals surface area contributed by atoms with Gasteiger partial charge in [-0.05, 0) is 17.0 Å². The molecule has 1 aromatic heterocycles. The zero-order chi connectivity index (χ0) is 17.6. The van der Waals surface area contributed by atoms with Crippen LogP contribution in [0.25, 0.3) is 0 Å². The summed E-state index contributed by atoms with van der Waals surface area (Å²) in [4.78, 5) is 29.0. The molecule has 5 nitrogen and oxygen atoms in total. The molecule has 1 aliphatic rings. The number of rotatable bonds is 5. The fourth-order valence-electron chi connectivity index (χ4n) is 3.05. The third kappa shape index (κ3) is 4.67. The number of nitrogens with zero attached hydrogens (tertiary/aromatic N) is 2. The van der Waals surface area contributed by atoms with Gasteiger partial charge >= 0.3 is 0 Å². The number of nitrogens with one attached hydrogen (secondary N) is 1. The lowest BCUT2D eigenvalue weighted by molar-refractivity contribution is -0.131. The molecule has 1 aliphatic heterocycles. The highest BCUT2D eigenvalue weighted by atomic mass is 32.1. The number of thiophene rings is 1. The third-order valence-corrected chi connectivity index (χ3v) is 5.39. The van der Waals surface area contributed by atoms with Crippen LogP contribution in [-0.2, 0) is 9.59 Å². The zero-order valence-electron chi connectivity index (χ0n) is 14.4. The highest BCUT2D eigenvalue weighted by Crippen LogP contribution is 2.25. The Balaban J connectivity index is 1.61. The number of carbonyl (C=O) groups excluding carboxylic acids is 2. The monoisotopic (exact) mass is 357 g/mol. The van der Waals surface area contributed by atoms with Gasteiger partial charge in [0.2, 0.25) is 11.8 Å². The molecule has 2 heterocycles. The van der Waals surface area contributed by atoms with E-state index in [1.54, 1.807) is 18.3 Å². The minimum absolute atomic E-state index is 0.0125. The van der Waals surface area contributed by atoms with Crippen LogP contribution < -0.4 is 5.32 Å². The standard InChI is InChI=1S/C19H23N3O2S/c1-15(23)22-11-9-21(10-12-22)14-18(24)20-19(17-8-5-13-25-17)16-6-3-2-4-7-16/h2-8,13,19H,9-12,14H2,1H3,(H,20,24)/t19-/m0/s1. The fourth-order valence-corrected chi connectivity index (χ4v) is 3.85. The van der Waals surface area contributed by atoms with Gasteiger partial charge in [0.25, 0.3) is 0 Å². The van der Waals surface area contributed by atoms with E-state index < -0.39 is 0 Å². The number of benzene rings is 1. The second-order valence-corrected chi connectivity index (χ2v) is 7.19. The van der Waals surface area contributed by atoms with E-state index in [1.165, 1.54) is 0 Å². The van der Waals surface area contributed by atoms with Crippen molar-refractivity contribution in [2.75, 3.05) is 32.7 Å². The van der Waals surface area contributed by atoms with Crippen LogP contribution in [0, 0.1) is 0 Å². The molecule has 0 unspecified atom stereocenters. The summed E-state index contributed by atoms with van der Waals surface area (Å²) in [7, 11) is 0. The first-order valence-corrected chi connectivity index (χ1v) is 9.37. The minimum atomic E-state index is -0.118. The summed E-state index contributed by atoms with van der Waals surface area (Å²) in [5.74, 6) is 0.115. The predicted octanol–water partition coefficient (Wildman–Crippen LogP) is 2.12. The first-order chi connectivity index (χ1) is 12.1. The topological polar surface area (TPSA) is 52.7 Å². The molecule has 25 heavy (non-hydrogen) atoms. The van der Waals surface area contributed by atoms with Crippen molar-refractivity contribution in [3.8, 4) is 0 Å². The summed E-state index contributed by atoms with van der Waals surface area (Å²) >= 11 is 1.64. The summed E-state index contributed by atoms with van der Waals surface area (Å²) < 4.78 is 0. The van der Waals surface area contributed by atoms with E-state index in [-0.39, 0.29) is 17.9 Å². The van der Waals surface area contributed by atoms with Crippen LogP contribution in [-0.4, -0.2) is 54.3 Å². The highest BCUT2D eigenvalue weighted by molar-refractivity contribution is 7.10. The van der Waals surface area contributed by atoms with Gasteiger partial charge in [0, 0.05) is 38.0 Å². The Hall–Kier alpha value is -2.18. The quantitative estimate of drug-likeness (QED) is 0.892. The second kappa shape index (κ2) is 8.27. The van der Waals surface area contributed by atoms with Crippen molar-refractivity contribution in [3.05, 3.63) is 58.3 Å². The Kier molecular flexibility index (Phi) is 5.83. The smallest absolute Gasteiger partial charge is 0.234 e. The number of carbonyl (C=O) groups is 2. The van der Waals surface area contributed by atoms with Crippen molar-refractivity contribution in [2.45, 2.75) is 13.0 Å². The molecule has 6 heteroatoms. The zero-order valence-corrected chi connectivity index (χ0v) is 15.2. The lowest BCUT2D eigenvalue weighted by Gasteiger charge is -2.34. The molecule has 0 spiro atoms. The van der Waals surface area contributed by atoms with E-state index in [0.29, 0.717) is 19.6 Å². The van der Waals surface area contributed by atoms with Gasteiger partial charge in [-0.3, -0.25) is 14.5 Å². The molecule has 0 aliphatic carbocycles. The Morgan fingerprint density at radius 3 is 2.40 bits per heavy atom. The maximum Gasteiger partial charge on any atom is 0.234 e. The van der Waals surface area contributed by atoms with Crippen molar-refractivity contribution in [3.63, 3.8) is 0 Å². The van der Waals surface area contributed by atoms with Crippen LogP contribution in [0.15, 0.2) is 47.8 Å². The molecular weight excluding hydrogens is 334 g/mol. The van der Waals surface area contributed by atoms with Crippen LogP contribution in [0.1, 0.15) is 23.4 Å². The summed E-state index contributed by atoms with van der Waals surface area (Å²) in [6.45, 7) is 4.81. The molecule has 1 aromatic carbocycles. The number of piperazine rings is 1. The largest absolute Gasteiger partial charge is 0.343 e. The van der Waals surface area contributed by atoms with Gasteiger partial charge in [-0.1, -0.05) is 36.4 Å². The van der Waals surface area contributed by atoms with Crippen molar-refractivity contribution in [2.24, 2.45) is 0 Å². The van der Waals surface area contributed by atoms with Crippen LogP contribution >= 0.6 is 11.3 Å². The van der Waals surface area contributed by atoms with Crippen molar-refractivity contribution >= 4 is 23.2 Å². The molecular formula is C19H23N3O2S. The van der Waals surface area contributed by atoms with E-state index in [2.05, 4.69) is 10.2 Å². The fraction of sp³-hybridized carbons (Fsp3) is 0.368. The van der Waals surface area contributed by atoms with E-state index in [0.717, 1.165) is 23.5 Å². The first kappa shape index (κ1) is 17.6. The van der Waals surface area contributed by atoms with Gasteiger partial charge in [0.05, 0.1) is 12.6 Å². The normalized spacial score (nSPS) is 16.4. The number of hydrogen-bond donors (Lipinski definition) is 1. The molecule has 132 valence electrons. The SMILES string of the molecule is CC(=O)N1CCN(CC(=O)N[C@@H](c2ccccc2)c2cccs2)CC1. The summed E-state index contributed by atoms with van der Waals surface area (Å²) in [6.07, 6.45) is 0. The number of hydrogen-bond acceptors (Lipinski definition) is 4. The summed E-state index contributed by atoms with van der Waals surface area (Å²) in [5, 5.41) is 5.19. The maximum atomic E-state index is 12.6. The lowest BCUT2D eigenvalue weighted by Crippen LogP contribution is -2.50. The van der Waals surface area contributed by atoms with E-state index in [4.69, 9.17) is 0 Å². The van der Waals surface area contributed by atoms with Gasteiger partial charge in [0.15, 0.2) is 0 Å². The maximum absolute atomic E-state index is 12.6. The van der Waals surface area contributed by atoms with E-state index in [9.17, 15) is 9.59 Å². The van der Waals surface area contributed by atoms with Gasteiger partial charge in [0.1, 0.15) is 0 Å². The molecule has 1 saturated heterocycles. The van der Waals surface area contributed by atoms with Crippen LogP contribution in [0.3, 0.4) is 0 Å². The predicted molar refractivity (Wildman–Crippen MR) is 99.4 cm³/mol. The Morgan fingerprint density at radius 2 is 1.80 bits per heavy atom. The van der Waals surface area contributed by atoms with Crippen LogP contribution in [0.2, 0.25) is 0 Å². The summed E-state index contributed by atoms with van der Waals surface area (Å²) in [5.41, 5.74) is 1.08. The second-order valence-electron chi connectivity index (χ2n) is 6.21. The number of amides is 2. The molecule has 1 N–H and O–H groups in total. The van der Waals surface area contributed by atoms with Gasteiger partial charge < -0.3 is 10.2 Å². The molecule has 2 aromatic rings. The molecule has 1 fully saturated rings. The van der Waals surface area contributed by atoms with Crippen LogP contribution in [0.4, 0.5) is 0 Å². The Labute approximate surface area is 152 Å². The third-order valence-electron chi connectivity index (χ3n) is 4.45. The molecule has 2 amide bonds. The molecule has 0 radical (unpaired) electrons. The molecule has 0 bridgehead atoms. The summed E-state index contributed by atoms with van der Waals surface area (Å²) in [6, 6.07) is 14.0. The van der Waals surface area contributed by atoms with Gasteiger partial charge in [-0.25, -0.2) is 0 Å². The average Bonchev–Trinajstić information content (AvgIpc) is 3.15. The van der Waals surface area contributed by atoms with Crippen LogP contribution in [0.5, 0.6) is 0 Å². The van der Waals surface area contributed by atoms with Crippen molar-refractivity contribution in [1.29, 1.82) is 0 Å². The van der Waals surface area contributed by atoms with E-state index in [1.807, 2.05) is 52.7 Å². The minimum Gasteiger partial charge on any atom is -0.343 e. The van der Waals surface area contributed by atoms with E-state index >= 15 is 0 Å². The Morgan fingerprint density at radius 1 is 1.08 bits per heavy atom. The average molecular weight is 357 g/mol. The van der Waals surface area contributed by atoms with Crippen molar-refractivity contribution < 1.29 is 9.59 Å². The van der Waals surface area contributed by atoms with Crippen molar-refractivity contribution in [1.82, 2.24) is 15.1 Å². The van der Waals surface area contributed by atoms with Gasteiger partial charge in [-0.2, -0.15) is 0 Å². The molecule has 3 rings (SSSR count). The highest BCUT2D eigenvalue weighted by Gasteiger charge is 2.22. The Bertz CT molecular complexity index is 695. The van der Waals surface area contributed by atoms with Gasteiger partial charge in [-0.15, -0.1) is 11.3 Å². The lowest BCUT2D eigenvalue weighted by atomic mass is 10.1. The molecule has 1 atom stereocenters.